The van der Waals surface area contributed by atoms with Crippen LogP contribution in [0.25, 0.3) is 21.9 Å². The van der Waals surface area contributed by atoms with Gasteiger partial charge in [-0.25, -0.2) is 9.59 Å². The molecule has 0 radical (unpaired) electrons. The molecule has 0 aliphatic heterocycles. The third kappa shape index (κ3) is 7.33. The Morgan fingerprint density at radius 2 is 0.925 bits per heavy atom. The van der Waals surface area contributed by atoms with Crippen molar-refractivity contribution in [3.05, 3.63) is 80.5 Å². The lowest BCUT2D eigenvalue weighted by Crippen LogP contribution is -2.14. The van der Waals surface area contributed by atoms with Crippen LogP contribution in [0.15, 0.2) is 67.0 Å². The highest BCUT2D eigenvalue weighted by Gasteiger charge is 2.34. The van der Waals surface area contributed by atoms with E-state index in [-0.39, 0.29) is 73.1 Å². The normalized spacial score (nSPS) is 12.2. The summed E-state index contributed by atoms with van der Waals surface area (Å²) in [6.07, 6.45) is -9.42. The molecule has 2 heterocycles. The van der Waals surface area contributed by atoms with Crippen molar-refractivity contribution in [1.82, 2.24) is 0 Å². The van der Waals surface area contributed by atoms with Gasteiger partial charge in [-0.2, -0.15) is 26.3 Å². The van der Waals surface area contributed by atoms with Crippen LogP contribution in [-0.2, 0) is 21.8 Å². The van der Waals surface area contributed by atoms with Gasteiger partial charge < -0.3 is 27.8 Å². The fourth-order valence-electron chi connectivity index (χ4n) is 3.69. The molecule has 0 amide bonds. The van der Waals surface area contributed by atoms with Crippen LogP contribution in [-0.4, -0.2) is 39.6 Å². The zero-order chi connectivity index (χ0) is 28.9. The molecule has 0 bridgehead atoms. The predicted molar refractivity (Wildman–Crippen MR) is 128 cm³/mol. The number of halogens is 6. The molecule has 8 nitrogen and oxygen atoms in total. The van der Waals surface area contributed by atoms with Gasteiger partial charge in [0, 0.05) is 35.0 Å². The summed E-state index contributed by atoms with van der Waals surface area (Å²) in [6.45, 7) is 0.760. The second-order valence-corrected chi connectivity index (χ2v) is 8.19. The number of ether oxygens (including phenoxy) is 4. The molecule has 40 heavy (non-hydrogen) atoms. The molecule has 0 spiro atoms. The number of hydrogen-bond donors (Lipinski definition) is 0. The second kappa shape index (κ2) is 12.0. The maximum Gasteiger partial charge on any atom is 0.417 e. The minimum absolute atomic E-state index is 0.0615. The van der Waals surface area contributed by atoms with E-state index in [4.69, 9.17) is 27.8 Å². The molecule has 0 saturated heterocycles. The fourth-order valence-corrected chi connectivity index (χ4v) is 3.69. The number of hydrogen-bond acceptors (Lipinski definition) is 8. The summed E-state index contributed by atoms with van der Waals surface area (Å²) >= 11 is 0. The van der Waals surface area contributed by atoms with Gasteiger partial charge in [-0.05, 0) is 24.3 Å². The molecule has 0 atom stereocenters. The lowest BCUT2D eigenvalue weighted by Gasteiger charge is -2.11. The highest BCUT2D eigenvalue weighted by atomic mass is 19.4. The standard InChI is InChI=1S/C26H20F6O8/c27-25(28,29)19-13-23(33)39-21-11-15(1-3-17(19)21)37-9-7-35-5-6-36-8-10-38-16-2-4-18-20(26(30,31)32)14-24(34)40-22(18)12-16/h1-4,11-14H,5-10H2. The van der Waals surface area contributed by atoms with Crippen LogP contribution < -0.4 is 20.7 Å². The SMILES string of the molecule is O=c1cc(C(F)(F)F)c2ccc(OCCOCCOCCOc3ccc4c(C(F)(F)F)cc(=O)oc4c3)cc2o1. The molecule has 0 aliphatic rings. The highest BCUT2D eigenvalue weighted by Crippen LogP contribution is 2.36. The first-order chi connectivity index (χ1) is 18.9. The van der Waals surface area contributed by atoms with E-state index in [0.717, 1.165) is 12.1 Å². The Morgan fingerprint density at radius 1 is 0.550 bits per heavy atom. The Balaban J connectivity index is 1.15. The van der Waals surface area contributed by atoms with E-state index in [1.165, 1.54) is 24.3 Å². The summed E-state index contributed by atoms with van der Waals surface area (Å²) in [6, 6.07) is 8.11. The Bertz CT molecular complexity index is 1470. The van der Waals surface area contributed by atoms with Crippen molar-refractivity contribution in [1.29, 1.82) is 0 Å². The molecule has 14 heteroatoms. The maximum atomic E-state index is 13.1. The average molecular weight is 574 g/mol. The van der Waals surface area contributed by atoms with Crippen LogP contribution in [0.5, 0.6) is 11.5 Å². The third-order valence-corrected chi connectivity index (χ3v) is 5.41. The number of alkyl halides is 6. The Morgan fingerprint density at radius 3 is 1.30 bits per heavy atom. The lowest BCUT2D eigenvalue weighted by atomic mass is 10.1. The Kier molecular flexibility index (Phi) is 8.69. The number of fused-ring (bicyclic) bond motifs is 2. The summed E-state index contributed by atoms with van der Waals surface area (Å²) in [7, 11) is 0. The van der Waals surface area contributed by atoms with Crippen molar-refractivity contribution in [3.63, 3.8) is 0 Å². The monoisotopic (exact) mass is 574 g/mol. The molecule has 2 aromatic carbocycles. The van der Waals surface area contributed by atoms with Gasteiger partial charge >= 0.3 is 23.6 Å². The van der Waals surface area contributed by atoms with E-state index in [1.807, 2.05) is 0 Å². The first-order valence-electron chi connectivity index (χ1n) is 11.6. The van der Waals surface area contributed by atoms with Crippen LogP contribution in [0.1, 0.15) is 11.1 Å². The molecule has 0 aliphatic carbocycles. The molecule has 0 saturated carbocycles. The zero-order valence-corrected chi connectivity index (χ0v) is 20.4. The van der Waals surface area contributed by atoms with Crippen LogP contribution in [0.2, 0.25) is 0 Å². The zero-order valence-electron chi connectivity index (χ0n) is 20.4. The van der Waals surface area contributed by atoms with E-state index >= 15 is 0 Å². The fraction of sp³-hybridized carbons (Fsp3) is 0.308. The third-order valence-electron chi connectivity index (χ3n) is 5.41. The largest absolute Gasteiger partial charge is 0.491 e. The summed E-state index contributed by atoms with van der Waals surface area (Å²) in [5, 5.41) is -0.528. The first-order valence-corrected chi connectivity index (χ1v) is 11.6. The van der Waals surface area contributed by atoms with Crippen molar-refractivity contribution in [2.45, 2.75) is 12.4 Å². The van der Waals surface area contributed by atoms with Gasteiger partial charge in [-0.15, -0.1) is 0 Å². The average Bonchev–Trinajstić information content (AvgIpc) is 2.87. The summed E-state index contributed by atoms with van der Waals surface area (Å²) < 4.78 is 110. The van der Waals surface area contributed by atoms with Gasteiger partial charge in [0.1, 0.15) is 35.9 Å². The van der Waals surface area contributed by atoms with Crippen LogP contribution in [0.3, 0.4) is 0 Å². The highest BCUT2D eigenvalue weighted by molar-refractivity contribution is 5.82. The lowest BCUT2D eigenvalue weighted by molar-refractivity contribution is -0.137. The molecule has 2 aromatic heterocycles. The van der Waals surface area contributed by atoms with E-state index in [1.54, 1.807) is 0 Å². The molecule has 0 unspecified atom stereocenters. The van der Waals surface area contributed by atoms with E-state index in [2.05, 4.69) is 0 Å². The van der Waals surface area contributed by atoms with Crippen molar-refractivity contribution in [2.75, 3.05) is 39.6 Å². The summed E-state index contributed by atoms with van der Waals surface area (Å²) in [4.78, 5) is 22.9. The molecular formula is C26H20F6O8. The van der Waals surface area contributed by atoms with Crippen molar-refractivity contribution < 1.29 is 54.1 Å². The predicted octanol–water partition coefficient (Wildman–Crippen LogP) is 5.43. The van der Waals surface area contributed by atoms with Crippen LogP contribution in [0.4, 0.5) is 26.3 Å². The van der Waals surface area contributed by atoms with Crippen LogP contribution >= 0.6 is 0 Å². The number of benzene rings is 2. The molecule has 0 fully saturated rings. The summed E-state index contributed by atoms with van der Waals surface area (Å²) in [5.74, 6) is 0.379. The van der Waals surface area contributed by atoms with Gasteiger partial charge in [0.25, 0.3) is 0 Å². The number of rotatable bonds is 11. The van der Waals surface area contributed by atoms with Crippen molar-refractivity contribution in [2.24, 2.45) is 0 Å². The van der Waals surface area contributed by atoms with E-state index in [9.17, 15) is 35.9 Å². The summed E-state index contributed by atoms with van der Waals surface area (Å²) in [5.41, 5.74) is -4.96. The Hall–Kier alpha value is -4.04. The molecule has 0 N–H and O–H groups in total. The minimum atomic E-state index is -4.71. The van der Waals surface area contributed by atoms with Crippen LogP contribution in [0, 0.1) is 0 Å². The molecule has 4 aromatic rings. The first kappa shape index (κ1) is 29.0. The van der Waals surface area contributed by atoms with E-state index in [0.29, 0.717) is 12.1 Å². The van der Waals surface area contributed by atoms with Gasteiger partial charge in [0.05, 0.1) is 37.6 Å². The van der Waals surface area contributed by atoms with Gasteiger partial charge in [-0.1, -0.05) is 0 Å². The van der Waals surface area contributed by atoms with Crippen molar-refractivity contribution >= 4 is 21.9 Å². The maximum absolute atomic E-state index is 13.1. The molecule has 4 rings (SSSR count). The van der Waals surface area contributed by atoms with Gasteiger partial charge in [-0.3, -0.25) is 0 Å². The van der Waals surface area contributed by atoms with Gasteiger partial charge in [0.2, 0.25) is 0 Å². The Labute approximate surface area is 220 Å². The topological polar surface area (TPSA) is 97.3 Å². The minimum Gasteiger partial charge on any atom is -0.491 e. The molecule has 214 valence electrons. The van der Waals surface area contributed by atoms with Gasteiger partial charge in [0.15, 0.2) is 0 Å². The smallest absolute Gasteiger partial charge is 0.417 e. The van der Waals surface area contributed by atoms with Crippen molar-refractivity contribution in [3.8, 4) is 11.5 Å². The molecular weight excluding hydrogens is 554 g/mol. The second-order valence-electron chi connectivity index (χ2n) is 8.19. The quantitative estimate of drug-likeness (QED) is 0.133. The van der Waals surface area contributed by atoms with E-state index < -0.39 is 34.7 Å².